The number of carbonyl (C=O) groups excluding carboxylic acids is 1. The molecule has 0 atom stereocenters. The molecule has 0 saturated heterocycles. The summed E-state index contributed by atoms with van der Waals surface area (Å²) in [5, 5.41) is 12.5. The number of aryl methyl sites for hydroxylation is 1. The molecule has 0 saturated carbocycles. The molecular formula is C10H14N2O4. The van der Waals surface area contributed by atoms with E-state index in [1.165, 1.54) is 27.1 Å². The third-order valence-corrected chi connectivity index (χ3v) is 2.65. The second kappa shape index (κ2) is 3.96. The summed E-state index contributed by atoms with van der Waals surface area (Å²) in [6.45, 7) is 4.51. The number of likely N-dealkylation sites (N-methyl/N-ethyl adjacent to an activating group) is 1. The largest absolute Gasteiger partial charge is 0.480 e. The molecule has 1 aromatic heterocycles. The van der Waals surface area contributed by atoms with Gasteiger partial charge in [-0.2, -0.15) is 0 Å². The van der Waals surface area contributed by atoms with Crippen LogP contribution in [0.25, 0.3) is 0 Å². The number of carbonyl (C=O) groups is 2. The van der Waals surface area contributed by atoms with Crippen molar-refractivity contribution in [3.05, 3.63) is 17.5 Å². The monoisotopic (exact) mass is 226 g/mol. The second-order valence-electron chi connectivity index (χ2n) is 4.02. The van der Waals surface area contributed by atoms with Crippen LogP contribution in [0.3, 0.4) is 0 Å². The number of aliphatic carboxylic acids is 1. The van der Waals surface area contributed by atoms with Crippen molar-refractivity contribution in [3.8, 4) is 0 Å². The van der Waals surface area contributed by atoms with E-state index in [0.29, 0.717) is 5.76 Å². The van der Waals surface area contributed by atoms with Crippen LogP contribution in [0.4, 0.5) is 0 Å². The van der Waals surface area contributed by atoms with Crippen molar-refractivity contribution in [2.45, 2.75) is 26.3 Å². The summed E-state index contributed by atoms with van der Waals surface area (Å²) in [6, 6.07) is 0. The van der Waals surface area contributed by atoms with E-state index in [2.05, 4.69) is 5.16 Å². The van der Waals surface area contributed by atoms with Gasteiger partial charge in [-0.1, -0.05) is 5.16 Å². The van der Waals surface area contributed by atoms with Gasteiger partial charge >= 0.3 is 5.97 Å². The Balaban J connectivity index is 3.00. The van der Waals surface area contributed by atoms with Gasteiger partial charge in [-0.25, -0.2) is 4.79 Å². The zero-order chi connectivity index (χ0) is 12.5. The Labute approximate surface area is 92.8 Å². The molecule has 1 amide bonds. The molecule has 0 bridgehead atoms. The highest BCUT2D eigenvalue weighted by Gasteiger charge is 2.36. The van der Waals surface area contributed by atoms with Crippen molar-refractivity contribution in [3.63, 3.8) is 0 Å². The molecule has 0 fully saturated rings. The molecule has 6 nitrogen and oxygen atoms in total. The van der Waals surface area contributed by atoms with Crippen LogP contribution in [-0.4, -0.2) is 39.6 Å². The molecule has 0 spiro atoms. The first-order valence-electron chi connectivity index (χ1n) is 4.71. The number of hydrogen-bond acceptors (Lipinski definition) is 4. The van der Waals surface area contributed by atoms with Crippen molar-refractivity contribution in [2.24, 2.45) is 0 Å². The fourth-order valence-corrected chi connectivity index (χ4v) is 1.08. The Morgan fingerprint density at radius 3 is 2.44 bits per heavy atom. The van der Waals surface area contributed by atoms with E-state index >= 15 is 0 Å². The molecule has 1 heterocycles. The van der Waals surface area contributed by atoms with Gasteiger partial charge in [-0.15, -0.1) is 0 Å². The highest BCUT2D eigenvalue weighted by atomic mass is 16.5. The van der Waals surface area contributed by atoms with E-state index in [9.17, 15) is 9.59 Å². The van der Waals surface area contributed by atoms with E-state index < -0.39 is 17.4 Å². The van der Waals surface area contributed by atoms with E-state index in [4.69, 9.17) is 9.63 Å². The van der Waals surface area contributed by atoms with Crippen LogP contribution >= 0.6 is 0 Å². The van der Waals surface area contributed by atoms with E-state index in [-0.39, 0.29) is 5.56 Å². The maximum Gasteiger partial charge on any atom is 0.329 e. The lowest BCUT2D eigenvalue weighted by atomic mass is 10.0. The zero-order valence-corrected chi connectivity index (χ0v) is 9.64. The highest BCUT2D eigenvalue weighted by Crippen LogP contribution is 2.17. The predicted molar refractivity (Wildman–Crippen MR) is 55.0 cm³/mol. The summed E-state index contributed by atoms with van der Waals surface area (Å²) in [6.07, 6.45) is 1.28. The lowest BCUT2D eigenvalue weighted by Crippen LogP contribution is -2.50. The molecule has 0 aromatic carbocycles. The molecule has 0 unspecified atom stereocenters. The number of amides is 1. The Hall–Kier alpha value is -1.85. The lowest BCUT2D eigenvalue weighted by Gasteiger charge is -2.31. The Morgan fingerprint density at radius 2 is 2.06 bits per heavy atom. The summed E-state index contributed by atoms with van der Waals surface area (Å²) < 4.78 is 4.76. The van der Waals surface area contributed by atoms with Gasteiger partial charge in [0.05, 0.1) is 6.20 Å². The Kier molecular flexibility index (Phi) is 3.02. The molecular weight excluding hydrogens is 212 g/mol. The van der Waals surface area contributed by atoms with Crippen LogP contribution in [0.15, 0.2) is 10.7 Å². The van der Waals surface area contributed by atoms with Crippen molar-refractivity contribution >= 4 is 11.9 Å². The van der Waals surface area contributed by atoms with Gasteiger partial charge in [0.1, 0.15) is 16.9 Å². The SMILES string of the molecule is Cc1oncc1C(=O)N(C)C(C)(C)C(=O)O. The molecule has 16 heavy (non-hydrogen) atoms. The molecule has 1 aromatic rings. The minimum Gasteiger partial charge on any atom is -0.480 e. The van der Waals surface area contributed by atoms with Crippen LogP contribution in [0.5, 0.6) is 0 Å². The number of aromatic nitrogens is 1. The minimum absolute atomic E-state index is 0.275. The first kappa shape index (κ1) is 12.2. The predicted octanol–water partition coefficient (Wildman–Crippen LogP) is 0.918. The summed E-state index contributed by atoms with van der Waals surface area (Å²) in [5.74, 6) is -1.12. The molecule has 6 heteroatoms. The average Bonchev–Trinajstić information content (AvgIpc) is 2.61. The summed E-state index contributed by atoms with van der Waals surface area (Å²) >= 11 is 0. The van der Waals surface area contributed by atoms with Gasteiger partial charge in [0.2, 0.25) is 0 Å². The maximum atomic E-state index is 11.9. The van der Waals surface area contributed by atoms with Crippen molar-refractivity contribution in [2.75, 3.05) is 7.05 Å². The van der Waals surface area contributed by atoms with Gasteiger partial charge in [-0.3, -0.25) is 4.79 Å². The standard InChI is InChI=1S/C10H14N2O4/c1-6-7(5-11-16-6)8(13)12(4)10(2,3)9(14)15/h5H,1-4H3,(H,14,15). The molecule has 1 rings (SSSR count). The summed E-state index contributed by atoms with van der Waals surface area (Å²) in [7, 11) is 1.43. The summed E-state index contributed by atoms with van der Waals surface area (Å²) in [5.41, 5.74) is -1.00. The van der Waals surface area contributed by atoms with Crippen LogP contribution in [-0.2, 0) is 4.79 Å². The number of carboxylic acids is 1. The van der Waals surface area contributed by atoms with Crippen molar-refractivity contribution < 1.29 is 19.2 Å². The van der Waals surface area contributed by atoms with E-state index in [0.717, 1.165) is 4.90 Å². The van der Waals surface area contributed by atoms with Crippen LogP contribution in [0.2, 0.25) is 0 Å². The minimum atomic E-state index is -1.28. The smallest absolute Gasteiger partial charge is 0.329 e. The number of hydrogen-bond donors (Lipinski definition) is 1. The van der Waals surface area contributed by atoms with E-state index in [1.54, 1.807) is 6.92 Å². The fraction of sp³-hybridized carbons (Fsp3) is 0.500. The third-order valence-electron chi connectivity index (χ3n) is 2.65. The summed E-state index contributed by atoms with van der Waals surface area (Å²) in [4.78, 5) is 24.1. The van der Waals surface area contributed by atoms with Gasteiger partial charge in [0.25, 0.3) is 5.91 Å². The quantitative estimate of drug-likeness (QED) is 0.828. The molecule has 1 N–H and O–H groups in total. The van der Waals surface area contributed by atoms with Gasteiger partial charge < -0.3 is 14.5 Å². The Morgan fingerprint density at radius 1 is 1.50 bits per heavy atom. The van der Waals surface area contributed by atoms with Crippen molar-refractivity contribution in [1.29, 1.82) is 0 Å². The first-order chi connectivity index (χ1) is 7.28. The number of nitrogens with zero attached hydrogens (tertiary/aromatic N) is 2. The fourth-order valence-electron chi connectivity index (χ4n) is 1.08. The first-order valence-corrected chi connectivity index (χ1v) is 4.71. The molecule has 0 aliphatic heterocycles. The van der Waals surface area contributed by atoms with Crippen LogP contribution in [0, 0.1) is 6.92 Å². The van der Waals surface area contributed by atoms with Gasteiger partial charge in [0.15, 0.2) is 0 Å². The van der Waals surface area contributed by atoms with Gasteiger partial charge in [0, 0.05) is 7.05 Å². The van der Waals surface area contributed by atoms with Crippen molar-refractivity contribution in [1.82, 2.24) is 10.1 Å². The normalized spacial score (nSPS) is 11.2. The molecule has 0 aliphatic rings. The molecule has 0 aliphatic carbocycles. The van der Waals surface area contributed by atoms with Crippen LogP contribution < -0.4 is 0 Å². The van der Waals surface area contributed by atoms with Crippen LogP contribution in [0.1, 0.15) is 30.0 Å². The Bertz CT molecular complexity index is 422. The number of rotatable bonds is 3. The third kappa shape index (κ3) is 1.91. The average molecular weight is 226 g/mol. The molecule has 88 valence electrons. The topological polar surface area (TPSA) is 83.6 Å². The maximum absolute atomic E-state index is 11.9. The lowest BCUT2D eigenvalue weighted by molar-refractivity contribution is -0.147. The van der Waals surface area contributed by atoms with E-state index in [1.807, 2.05) is 0 Å². The zero-order valence-electron chi connectivity index (χ0n) is 9.64. The second-order valence-corrected chi connectivity index (χ2v) is 4.02. The highest BCUT2D eigenvalue weighted by molar-refractivity contribution is 5.97. The molecule has 0 radical (unpaired) electrons. The number of carboxylic acid groups (broad SMARTS) is 1. The van der Waals surface area contributed by atoms with Gasteiger partial charge in [-0.05, 0) is 20.8 Å².